The van der Waals surface area contributed by atoms with E-state index in [4.69, 9.17) is 14.2 Å². The summed E-state index contributed by atoms with van der Waals surface area (Å²) in [5.41, 5.74) is 0. The molecular weight excluding hydrogens is 961 g/mol. The summed E-state index contributed by atoms with van der Waals surface area (Å²) in [5, 5.41) is 0. The number of carbonyl (C=O) groups excluding carboxylic acids is 3. The van der Waals surface area contributed by atoms with Crippen LogP contribution in [0.15, 0.2) is 146 Å². The number of hydrogen-bond donors (Lipinski definition) is 0. The molecule has 0 saturated heterocycles. The number of esters is 3. The van der Waals surface area contributed by atoms with Gasteiger partial charge in [0, 0.05) is 19.3 Å². The molecule has 1 atom stereocenters. The fourth-order valence-electron chi connectivity index (χ4n) is 8.29. The van der Waals surface area contributed by atoms with Gasteiger partial charge in [-0.25, -0.2) is 0 Å². The topological polar surface area (TPSA) is 78.9 Å². The van der Waals surface area contributed by atoms with Crippen molar-refractivity contribution < 1.29 is 28.6 Å². The standard InChI is InChI=1S/C72H116O6/c1-4-7-10-13-16-19-22-25-28-30-31-32-33-34-35-36-37-38-39-40-41-43-44-47-50-53-56-59-62-65-71(74)77-68-69(67-76-70(73)64-61-58-55-52-49-46-27-24-21-18-15-12-9-6-3)78-72(75)66-63-60-57-54-51-48-45-42-29-26-23-20-17-14-11-8-5-2/h7,10,16-17,19-20,24-29,31-32,34-35,37-38,40-41,44,47,53,56,69H,4-6,8-9,11-15,18,21-23,30,33,36,39,42-43,45-46,48-52,54-55,57-68H2,1-3H3/b10-7-,19-16-,20-17-,27-24-,28-25-,29-26-,32-31-,35-34-,38-37-,41-40-,47-44-,56-53-. The Bertz CT molecular complexity index is 1710. The zero-order chi connectivity index (χ0) is 56.4. The molecule has 6 nitrogen and oxygen atoms in total. The minimum absolute atomic E-state index is 0.108. The predicted molar refractivity (Wildman–Crippen MR) is 339 cm³/mol. The van der Waals surface area contributed by atoms with Crippen molar-refractivity contribution in [3.8, 4) is 0 Å². The monoisotopic (exact) mass is 1080 g/mol. The van der Waals surface area contributed by atoms with Crippen LogP contribution in [0.5, 0.6) is 0 Å². The molecule has 440 valence electrons. The Kier molecular flexibility index (Phi) is 60.9. The van der Waals surface area contributed by atoms with Crippen molar-refractivity contribution in [1.82, 2.24) is 0 Å². The zero-order valence-corrected chi connectivity index (χ0v) is 50.4. The smallest absolute Gasteiger partial charge is 0.306 e. The molecule has 0 radical (unpaired) electrons. The average Bonchev–Trinajstić information content (AvgIpc) is 3.44. The molecule has 0 amide bonds. The molecule has 0 spiro atoms. The van der Waals surface area contributed by atoms with Gasteiger partial charge in [0.25, 0.3) is 0 Å². The number of rotatable bonds is 56. The average molecular weight is 1080 g/mol. The second-order valence-electron chi connectivity index (χ2n) is 20.6. The summed E-state index contributed by atoms with van der Waals surface area (Å²) in [5.74, 6) is -0.987. The molecule has 0 bridgehead atoms. The summed E-state index contributed by atoms with van der Waals surface area (Å²) in [6, 6.07) is 0. The molecule has 0 aromatic carbocycles. The number of allylic oxidation sites excluding steroid dienone is 24. The fourth-order valence-corrected chi connectivity index (χ4v) is 8.29. The van der Waals surface area contributed by atoms with Crippen molar-refractivity contribution in [2.75, 3.05) is 13.2 Å². The van der Waals surface area contributed by atoms with E-state index in [0.29, 0.717) is 19.3 Å². The molecule has 0 aromatic heterocycles. The van der Waals surface area contributed by atoms with Crippen molar-refractivity contribution in [2.24, 2.45) is 0 Å². The number of hydrogen-bond acceptors (Lipinski definition) is 6. The first-order valence-corrected chi connectivity index (χ1v) is 31.8. The first-order chi connectivity index (χ1) is 38.5. The van der Waals surface area contributed by atoms with E-state index in [1.165, 1.54) is 96.3 Å². The number of ether oxygens (including phenoxy) is 3. The van der Waals surface area contributed by atoms with Crippen molar-refractivity contribution in [1.29, 1.82) is 0 Å². The summed E-state index contributed by atoms with van der Waals surface area (Å²) in [6.07, 6.45) is 92.8. The highest BCUT2D eigenvalue weighted by molar-refractivity contribution is 5.71. The van der Waals surface area contributed by atoms with Crippen LogP contribution in [0, 0.1) is 0 Å². The van der Waals surface area contributed by atoms with E-state index in [1.807, 2.05) is 0 Å². The minimum Gasteiger partial charge on any atom is -0.462 e. The molecule has 0 fully saturated rings. The van der Waals surface area contributed by atoms with E-state index in [0.717, 1.165) is 128 Å². The maximum absolute atomic E-state index is 12.9. The molecule has 0 saturated carbocycles. The van der Waals surface area contributed by atoms with E-state index in [-0.39, 0.29) is 37.5 Å². The first-order valence-electron chi connectivity index (χ1n) is 31.8. The summed E-state index contributed by atoms with van der Waals surface area (Å²) >= 11 is 0. The van der Waals surface area contributed by atoms with Crippen LogP contribution in [-0.4, -0.2) is 37.2 Å². The van der Waals surface area contributed by atoms with Gasteiger partial charge >= 0.3 is 17.9 Å². The quantitative estimate of drug-likeness (QED) is 0.0261. The predicted octanol–water partition coefficient (Wildman–Crippen LogP) is 21.9. The molecule has 6 heteroatoms. The van der Waals surface area contributed by atoms with Crippen LogP contribution in [0.3, 0.4) is 0 Å². The van der Waals surface area contributed by atoms with Gasteiger partial charge in [-0.15, -0.1) is 0 Å². The lowest BCUT2D eigenvalue weighted by atomic mass is 10.1. The van der Waals surface area contributed by atoms with Crippen LogP contribution in [0.4, 0.5) is 0 Å². The minimum atomic E-state index is -0.816. The van der Waals surface area contributed by atoms with Crippen LogP contribution in [0.1, 0.15) is 271 Å². The third-order valence-electron chi connectivity index (χ3n) is 13.0. The third-order valence-corrected chi connectivity index (χ3v) is 13.0. The van der Waals surface area contributed by atoms with Gasteiger partial charge in [0.2, 0.25) is 0 Å². The largest absolute Gasteiger partial charge is 0.462 e. The van der Waals surface area contributed by atoms with Gasteiger partial charge in [-0.2, -0.15) is 0 Å². The molecule has 0 aliphatic rings. The SMILES string of the molecule is CC/C=C\C/C=C\C/C=C\C/C=C\C/C=C\C/C=C\C/C=C\C/C=C\C/C=C\CCCC(=O)OCC(COC(=O)CCCCCCC/C=C\CCCCCCC)OC(=O)CCCCCCCCC/C=C\C/C=C\CCCCC. The molecule has 0 N–H and O–H groups in total. The van der Waals surface area contributed by atoms with Crippen molar-refractivity contribution in [2.45, 2.75) is 277 Å². The van der Waals surface area contributed by atoms with E-state index in [2.05, 4.69) is 167 Å². The Morgan fingerprint density at radius 3 is 0.872 bits per heavy atom. The summed E-state index contributed by atoms with van der Waals surface area (Å²) in [7, 11) is 0. The summed E-state index contributed by atoms with van der Waals surface area (Å²) in [4.78, 5) is 38.3. The van der Waals surface area contributed by atoms with Crippen LogP contribution in [-0.2, 0) is 28.6 Å². The van der Waals surface area contributed by atoms with Gasteiger partial charge in [0.05, 0.1) is 0 Å². The lowest BCUT2D eigenvalue weighted by Gasteiger charge is -2.18. The Balaban J connectivity index is 4.47. The van der Waals surface area contributed by atoms with Crippen molar-refractivity contribution in [3.05, 3.63) is 146 Å². The van der Waals surface area contributed by atoms with Gasteiger partial charge in [-0.1, -0.05) is 256 Å². The Morgan fingerprint density at radius 2 is 0.513 bits per heavy atom. The lowest BCUT2D eigenvalue weighted by Crippen LogP contribution is -2.30. The van der Waals surface area contributed by atoms with Crippen LogP contribution >= 0.6 is 0 Å². The maximum Gasteiger partial charge on any atom is 0.306 e. The normalized spacial score (nSPS) is 13.1. The van der Waals surface area contributed by atoms with Gasteiger partial charge in [-0.3, -0.25) is 14.4 Å². The van der Waals surface area contributed by atoms with E-state index < -0.39 is 6.10 Å². The molecule has 0 heterocycles. The van der Waals surface area contributed by atoms with Crippen LogP contribution < -0.4 is 0 Å². The Hall–Kier alpha value is -4.71. The molecule has 0 aromatic rings. The number of carbonyl (C=O) groups is 3. The molecule has 0 rings (SSSR count). The molecular formula is C72H116O6. The summed E-state index contributed by atoms with van der Waals surface area (Å²) in [6.45, 7) is 6.43. The van der Waals surface area contributed by atoms with Crippen molar-refractivity contribution >= 4 is 17.9 Å². The molecule has 78 heavy (non-hydrogen) atoms. The summed E-state index contributed by atoms with van der Waals surface area (Å²) < 4.78 is 16.8. The van der Waals surface area contributed by atoms with Gasteiger partial charge in [0.1, 0.15) is 13.2 Å². The van der Waals surface area contributed by atoms with E-state index >= 15 is 0 Å². The second-order valence-corrected chi connectivity index (χ2v) is 20.6. The van der Waals surface area contributed by atoms with Gasteiger partial charge in [-0.05, 0) is 141 Å². The fraction of sp³-hybridized carbons (Fsp3) is 0.625. The molecule has 1 unspecified atom stereocenters. The lowest BCUT2D eigenvalue weighted by molar-refractivity contribution is -0.167. The molecule has 0 aliphatic carbocycles. The highest BCUT2D eigenvalue weighted by atomic mass is 16.6. The highest BCUT2D eigenvalue weighted by Gasteiger charge is 2.19. The first kappa shape index (κ1) is 73.3. The third kappa shape index (κ3) is 62.1. The molecule has 0 aliphatic heterocycles. The van der Waals surface area contributed by atoms with Gasteiger partial charge < -0.3 is 14.2 Å². The number of unbranched alkanes of at least 4 members (excludes halogenated alkanes) is 21. The maximum atomic E-state index is 12.9. The second kappa shape index (κ2) is 64.8. The van der Waals surface area contributed by atoms with Crippen molar-refractivity contribution in [3.63, 3.8) is 0 Å². The van der Waals surface area contributed by atoms with E-state index in [9.17, 15) is 14.4 Å². The van der Waals surface area contributed by atoms with Crippen LogP contribution in [0.2, 0.25) is 0 Å². The Labute approximate surface area is 480 Å². The van der Waals surface area contributed by atoms with E-state index in [1.54, 1.807) is 0 Å². The van der Waals surface area contributed by atoms with Gasteiger partial charge in [0.15, 0.2) is 6.10 Å². The Morgan fingerprint density at radius 1 is 0.269 bits per heavy atom. The van der Waals surface area contributed by atoms with Crippen LogP contribution in [0.25, 0.3) is 0 Å². The highest BCUT2D eigenvalue weighted by Crippen LogP contribution is 2.14. The zero-order valence-electron chi connectivity index (χ0n) is 50.4.